The molecule has 5 rings (SSSR count). The predicted molar refractivity (Wildman–Crippen MR) is 128 cm³/mol. The van der Waals surface area contributed by atoms with E-state index in [9.17, 15) is 9.59 Å². The first-order valence-corrected chi connectivity index (χ1v) is 12.4. The molecule has 0 bridgehead atoms. The number of carbonyl (C=O) groups is 2. The molecule has 2 amide bonds. The quantitative estimate of drug-likeness (QED) is 0.705. The molecule has 1 N–H and O–H groups in total. The Morgan fingerprint density at radius 2 is 1.94 bits per heavy atom. The highest BCUT2D eigenvalue weighted by atomic mass is 16.5. The van der Waals surface area contributed by atoms with Crippen LogP contribution in [-0.4, -0.2) is 64.4 Å². The number of methoxy groups -OCH3 is 1. The molecule has 2 atom stereocenters. The van der Waals surface area contributed by atoms with Crippen molar-refractivity contribution in [3.8, 4) is 17.0 Å². The van der Waals surface area contributed by atoms with Gasteiger partial charge in [0.1, 0.15) is 17.0 Å². The van der Waals surface area contributed by atoms with Crippen molar-refractivity contribution in [3.63, 3.8) is 0 Å². The van der Waals surface area contributed by atoms with E-state index in [1.807, 2.05) is 37.3 Å². The lowest BCUT2D eigenvalue weighted by molar-refractivity contribution is -0.134. The van der Waals surface area contributed by atoms with Crippen LogP contribution in [-0.2, 0) is 16.1 Å². The number of hydrogen-bond donors (Lipinski definition) is 1. The van der Waals surface area contributed by atoms with Crippen molar-refractivity contribution >= 4 is 11.8 Å². The van der Waals surface area contributed by atoms with Gasteiger partial charge >= 0.3 is 0 Å². The minimum atomic E-state index is -1.03. The van der Waals surface area contributed by atoms with Crippen molar-refractivity contribution in [2.75, 3.05) is 20.3 Å². The molecule has 1 saturated heterocycles. The zero-order chi connectivity index (χ0) is 23.7. The maximum Gasteiger partial charge on any atom is 0.273 e. The Morgan fingerprint density at radius 3 is 2.62 bits per heavy atom. The van der Waals surface area contributed by atoms with Crippen molar-refractivity contribution in [1.82, 2.24) is 20.0 Å². The summed E-state index contributed by atoms with van der Waals surface area (Å²) in [5.41, 5.74) is 1.08. The third-order valence-electron chi connectivity index (χ3n) is 7.52. The summed E-state index contributed by atoms with van der Waals surface area (Å²) in [5.74, 6) is 0.492. The maximum atomic E-state index is 13.8. The Morgan fingerprint density at radius 1 is 1.18 bits per heavy atom. The molecule has 0 spiro atoms. The average molecular weight is 467 g/mol. The lowest BCUT2D eigenvalue weighted by atomic mass is 9.91. The Bertz CT molecular complexity index is 1040. The number of benzene rings is 1. The number of aromatic nitrogens is 2. The van der Waals surface area contributed by atoms with Crippen molar-refractivity contribution in [3.05, 3.63) is 36.0 Å². The number of nitrogens with zero attached hydrogens (tertiary/aromatic N) is 3. The van der Waals surface area contributed by atoms with E-state index in [0.29, 0.717) is 31.1 Å². The number of amides is 2. The third kappa shape index (κ3) is 4.31. The van der Waals surface area contributed by atoms with Crippen LogP contribution in [0.2, 0.25) is 0 Å². The molecule has 2 aliphatic heterocycles. The van der Waals surface area contributed by atoms with Crippen LogP contribution in [0.4, 0.5) is 0 Å². The van der Waals surface area contributed by atoms with Gasteiger partial charge in [-0.05, 0) is 62.9 Å². The molecule has 1 saturated carbocycles. The standard InChI is InChI=1S/C26H34N4O4/c1-26(25(32)27-19-7-4-3-5-8-19)17-30-23(24(31)29(26)16-21-9-6-14-34-21)15-22(28-30)18-10-12-20(33-2)13-11-18/h10-13,15,19,21H,3-9,14,16-17H2,1-2H3,(H,27,32). The highest BCUT2D eigenvalue weighted by Crippen LogP contribution is 2.32. The number of hydrogen-bond acceptors (Lipinski definition) is 5. The van der Waals surface area contributed by atoms with E-state index >= 15 is 0 Å². The molecule has 8 heteroatoms. The summed E-state index contributed by atoms with van der Waals surface area (Å²) < 4.78 is 12.8. The fraction of sp³-hybridized carbons (Fsp3) is 0.577. The fourth-order valence-corrected chi connectivity index (χ4v) is 5.41. The molecule has 3 heterocycles. The largest absolute Gasteiger partial charge is 0.497 e. The van der Waals surface area contributed by atoms with Gasteiger partial charge in [0.15, 0.2) is 0 Å². The van der Waals surface area contributed by atoms with E-state index < -0.39 is 5.54 Å². The first-order chi connectivity index (χ1) is 16.5. The average Bonchev–Trinajstić information content (AvgIpc) is 3.52. The molecule has 0 radical (unpaired) electrons. The second-order valence-corrected chi connectivity index (χ2v) is 9.93. The van der Waals surface area contributed by atoms with E-state index in [-0.39, 0.29) is 24.0 Å². The lowest BCUT2D eigenvalue weighted by Gasteiger charge is -2.44. The summed E-state index contributed by atoms with van der Waals surface area (Å²) in [7, 11) is 1.63. The second-order valence-electron chi connectivity index (χ2n) is 9.93. The molecule has 2 fully saturated rings. The van der Waals surface area contributed by atoms with E-state index in [1.165, 1.54) is 6.42 Å². The summed E-state index contributed by atoms with van der Waals surface area (Å²) in [6.45, 7) is 3.30. The Labute approximate surface area is 200 Å². The summed E-state index contributed by atoms with van der Waals surface area (Å²) in [4.78, 5) is 29.2. The molecular weight excluding hydrogens is 432 g/mol. The Balaban J connectivity index is 1.46. The number of ether oxygens (including phenoxy) is 2. The van der Waals surface area contributed by atoms with Crippen LogP contribution in [0.3, 0.4) is 0 Å². The van der Waals surface area contributed by atoms with E-state index in [0.717, 1.165) is 49.8 Å². The maximum absolute atomic E-state index is 13.8. The van der Waals surface area contributed by atoms with Gasteiger partial charge in [-0.15, -0.1) is 0 Å². The van der Waals surface area contributed by atoms with E-state index in [2.05, 4.69) is 5.32 Å². The van der Waals surface area contributed by atoms with Crippen LogP contribution in [0.25, 0.3) is 11.3 Å². The summed E-state index contributed by atoms with van der Waals surface area (Å²) in [6, 6.07) is 9.60. The van der Waals surface area contributed by atoms with Gasteiger partial charge in [0, 0.05) is 24.8 Å². The van der Waals surface area contributed by atoms with Crippen LogP contribution in [0.5, 0.6) is 5.75 Å². The molecule has 2 unspecified atom stereocenters. The molecule has 1 aliphatic carbocycles. The molecule has 2 aromatic rings. The van der Waals surface area contributed by atoms with E-state index in [4.69, 9.17) is 14.6 Å². The molecule has 3 aliphatic rings. The van der Waals surface area contributed by atoms with Gasteiger partial charge < -0.3 is 19.7 Å². The van der Waals surface area contributed by atoms with Crippen LogP contribution in [0.1, 0.15) is 62.4 Å². The van der Waals surface area contributed by atoms with Crippen molar-refractivity contribution in [2.24, 2.45) is 0 Å². The summed E-state index contributed by atoms with van der Waals surface area (Å²) in [6.07, 6.45) is 7.33. The van der Waals surface area contributed by atoms with Gasteiger partial charge in [-0.2, -0.15) is 5.10 Å². The monoisotopic (exact) mass is 466 g/mol. The minimum Gasteiger partial charge on any atom is -0.497 e. The predicted octanol–water partition coefficient (Wildman–Crippen LogP) is 3.40. The van der Waals surface area contributed by atoms with Gasteiger partial charge in [0.2, 0.25) is 5.91 Å². The van der Waals surface area contributed by atoms with Crippen LogP contribution in [0, 0.1) is 0 Å². The molecule has 182 valence electrons. The first kappa shape index (κ1) is 22.9. The molecule has 34 heavy (non-hydrogen) atoms. The number of fused-ring (bicyclic) bond motifs is 1. The second kappa shape index (κ2) is 9.41. The van der Waals surface area contributed by atoms with Gasteiger partial charge in [0.25, 0.3) is 5.91 Å². The number of rotatable bonds is 6. The van der Waals surface area contributed by atoms with Gasteiger partial charge in [-0.3, -0.25) is 14.3 Å². The molecule has 8 nitrogen and oxygen atoms in total. The van der Waals surface area contributed by atoms with Crippen molar-refractivity contribution in [2.45, 2.75) is 76.1 Å². The third-order valence-corrected chi connectivity index (χ3v) is 7.52. The van der Waals surface area contributed by atoms with Crippen molar-refractivity contribution < 1.29 is 19.1 Å². The van der Waals surface area contributed by atoms with Gasteiger partial charge in [-0.1, -0.05) is 19.3 Å². The normalized spacial score (nSPS) is 25.3. The molecule has 1 aromatic carbocycles. The Kier molecular flexibility index (Phi) is 6.34. The lowest BCUT2D eigenvalue weighted by Crippen LogP contribution is -2.66. The number of carbonyl (C=O) groups excluding carboxylic acids is 2. The van der Waals surface area contributed by atoms with Crippen LogP contribution >= 0.6 is 0 Å². The van der Waals surface area contributed by atoms with Crippen LogP contribution in [0.15, 0.2) is 30.3 Å². The Hall–Kier alpha value is -2.87. The van der Waals surface area contributed by atoms with Gasteiger partial charge in [-0.25, -0.2) is 0 Å². The summed E-state index contributed by atoms with van der Waals surface area (Å²) >= 11 is 0. The SMILES string of the molecule is COc1ccc(-c2cc3n(n2)CC(C)(C(=O)NC2CCCCC2)N(CC2CCCO2)C3=O)cc1. The fourth-order valence-electron chi connectivity index (χ4n) is 5.41. The zero-order valence-corrected chi connectivity index (χ0v) is 20.1. The highest BCUT2D eigenvalue weighted by molar-refractivity contribution is 6.00. The summed E-state index contributed by atoms with van der Waals surface area (Å²) in [5, 5.41) is 7.99. The minimum absolute atomic E-state index is 0.0405. The van der Waals surface area contributed by atoms with E-state index in [1.54, 1.807) is 16.7 Å². The number of nitrogens with one attached hydrogen (secondary N) is 1. The van der Waals surface area contributed by atoms with Crippen LogP contribution < -0.4 is 10.1 Å². The van der Waals surface area contributed by atoms with Gasteiger partial charge in [0.05, 0.1) is 25.5 Å². The smallest absolute Gasteiger partial charge is 0.273 e. The molecular formula is C26H34N4O4. The topological polar surface area (TPSA) is 85.7 Å². The molecule has 1 aromatic heterocycles. The zero-order valence-electron chi connectivity index (χ0n) is 20.1. The van der Waals surface area contributed by atoms with Crippen molar-refractivity contribution in [1.29, 1.82) is 0 Å². The highest BCUT2D eigenvalue weighted by Gasteiger charge is 2.49. The first-order valence-electron chi connectivity index (χ1n) is 12.4.